The molecule has 0 radical (unpaired) electrons. The average molecular weight is 384 g/mol. The Bertz CT molecular complexity index is 920. The summed E-state index contributed by atoms with van der Waals surface area (Å²) in [5.41, 5.74) is 13.8. The first-order valence-electron chi connectivity index (χ1n) is 8.27. The summed E-state index contributed by atoms with van der Waals surface area (Å²) >= 11 is 1.09. The van der Waals surface area contributed by atoms with E-state index in [1.165, 1.54) is 6.20 Å². The summed E-state index contributed by atoms with van der Waals surface area (Å²) in [6.07, 6.45) is 5.64. The van der Waals surface area contributed by atoms with Crippen molar-refractivity contribution in [1.82, 2.24) is 9.97 Å². The highest BCUT2D eigenvalue weighted by Crippen LogP contribution is 2.22. The molecule has 2 aromatic rings. The van der Waals surface area contributed by atoms with E-state index >= 15 is 0 Å². The van der Waals surface area contributed by atoms with E-state index in [2.05, 4.69) is 20.3 Å². The highest BCUT2D eigenvalue weighted by Gasteiger charge is 2.21. The van der Waals surface area contributed by atoms with Crippen LogP contribution in [0.5, 0.6) is 0 Å². The SMILES string of the molecule is N=CC(=CN)Nc1cnc2ccc(N=C(N)SC(=N)C3CCCO3)nc2c1. The third kappa shape index (κ3) is 4.80. The summed E-state index contributed by atoms with van der Waals surface area (Å²) in [5.74, 6) is 0.424. The number of hydrogen-bond donors (Lipinski definition) is 5. The number of amidine groups is 1. The van der Waals surface area contributed by atoms with Gasteiger partial charge in [0.2, 0.25) is 0 Å². The van der Waals surface area contributed by atoms with Gasteiger partial charge in [-0.3, -0.25) is 10.4 Å². The lowest BCUT2D eigenvalue weighted by molar-refractivity contribution is 0.160. The predicted molar refractivity (Wildman–Crippen MR) is 110 cm³/mol. The van der Waals surface area contributed by atoms with Gasteiger partial charge >= 0.3 is 0 Å². The van der Waals surface area contributed by atoms with Gasteiger partial charge in [-0.05, 0) is 42.8 Å². The fourth-order valence-electron chi connectivity index (χ4n) is 2.52. The number of ether oxygens (including phenoxy) is 1. The predicted octanol–water partition coefficient (Wildman–Crippen LogP) is 2.33. The van der Waals surface area contributed by atoms with Gasteiger partial charge in [0.1, 0.15) is 11.1 Å². The maximum Gasteiger partial charge on any atom is 0.166 e. The van der Waals surface area contributed by atoms with Gasteiger partial charge < -0.3 is 26.9 Å². The van der Waals surface area contributed by atoms with E-state index in [0.717, 1.165) is 30.8 Å². The first-order chi connectivity index (χ1) is 13.1. The van der Waals surface area contributed by atoms with Gasteiger partial charge in [0, 0.05) is 19.0 Å². The number of rotatable bonds is 5. The zero-order chi connectivity index (χ0) is 19.2. The van der Waals surface area contributed by atoms with E-state index in [-0.39, 0.29) is 11.3 Å². The number of nitrogens with zero attached hydrogens (tertiary/aromatic N) is 3. The summed E-state index contributed by atoms with van der Waals surface area (Å²) in [4.78, 5) is 13.0. The van der Waals surface area contributed by atoms with Gasteiger partial charge in [0.05, 0.1) is 28.6 Å². The van der Waals surface area contributed by atoms with Crippen molar-refractivity contribution in [3.8, 4) is 0 Å². The van der Waals surface area contributed by atoms with Crippen molar-refractivity contribution >= 4 is 50.7 Å². The molecule has 7 N–H and O–H groups in total. The molecule has 1 aliphatic heterocycles. The Morgan fingerprint density at radius 3 is 2.96 bits per heavy atom. The van der Waals surface area contributed by atoms with Crippen molar-refractivity contribution in [3.05, 3.63) is 36.3 Å². The second-order valence-electron chi connectivity index (χ2n) is 5.74. The number of aromatic nitrogens is 2. The van der Waals surface area contributed by atoms with Crippen LogP contribution in [0, 0.1) is 10.8 Å². The Morgan fingerprint density at radius 2 is 2.26 bits per heavy atom. The zero-order valence-electron chi connectivity index (χ0n) is 14.5. The third-order valence-corrected chi connectivity index (χ3v) is 4.59. The number of nitrogens with two attached hydrogens (primary N) is 2. The summed E-state index contributed by atoms with van der Waals surface area (Å²) in [7, 11) is 0. The van der Waals surface area contributed by atoms with E-state index in [1.807, 2.05) is 0 Å². The summed E-state index contributed by atoms with van der Waals surface area (Å²) in [5, 5.41) is 18.9. The third-order valence-electron chi connectivity index (χ3n) is 3.81. The van der Waals surface area contributed by atoms with Crippen LogP contribution in [0.15, 0.2) is 41.3 Å². The Hall–Kier alpha value is -2.98. The van der Waals surface area contributed by atoms with Crippen molar-refractivity contribution in [2.45, 2.75) is 18.9 Å². The zero-order valence-corrected chi connectivity index (χ0v) is 15.3. The maximum atomic E-state index is 8.05. The second-order valence-corrected chi connectivity index (χ2v) is 6.80. The largest absolute Gasteiger partial charge is 0.403 e. The quantitative estimate of drug-likeness (QED) is 0.390. The molecule has 0 aliphatic carbocycles. The molecule has 0 spiro atoms. The van der Waals surface area contributed by atoms with Crippen molar-refractivity contribution < 1.29 is 4.74 Å². The van der Waals surface area contributed by atoms with Gasteiger partial charge in [-0.2, -0.15) is 0 Å². The molecule has 2 aromatic heterocycles. The molecule has 140 valence electrons. The number of allylic oxidation sites excluding steroid dienone is 1. The van der Waals surface area contributed by atoms with Crippen LogP contribution in [0.3, 0.4) is 0 Å². The molecule has 27 heavy (non-hydrogen) atoms. The normalized spacial score (nSPS) is 17.9. The number of fused-ring (bicyclic) bond motifs is 1. The molecule has 0 amide bonds. The molecule has 3 rings (SSSR count). The van der Waals surface area contributed by atoms with Gasteiger partial charge in [0.25, 0.3) is 0 Å². The van der Waals surface area contributed by atoms with Gasteiger partial charge in [-0.25, -0.2) is 9.98 Å². The highest BCUT2D eigenvalue weighted by atomic mass is 32.2. The van der Waals surface area contributed by atoms with Crippen LogP contribution in [-0.2, 0) is 4.74 Å². The molecule has 0 bridgehead atoms. The van der Waals surface area contributed by atoms with E-state index < -0.39 is 0 Å². The lowest BCUT2D eigenvalue weighted by Gasteiger charge is -2.09. The number of nitrogens with one attached hydrogen (secondary N) is 3. The van der Waals surface area contributed by atoms with Crippen LogP contribution in [0.25, 0.3) is 11.0 Å². The fourth-order valence-corrected chi connectivity index (χ4v) is 3.20. The molecule has 10 heteroatoms. The van der Waals surface area contributed by atoms with Crippen LogP contribution in [0.2, 0.25) is 0 Å². The van der Waals surface area contributed by atoms with Crippen molar-refractivity contribution in [3.63, 3.8) is 0 Å². The topological polar surface area (TPSA) is 159 Å². The molecule has 1 unspecified atom stereocenters. The Labute approximate surface area is 160 Å². The van der Waals surface area contributed by atoms with E-state index in [9.17, 15) is 0 Å². The number of thioether (sulfide) groups is 1. The van der Waals surface area contributed by atoms with Crippen LogP contribution in [-0.4, -0.2) is 39.1 Å². The number of aliphatic imine (C=N–C) groups is 1. The second kappa shape index (κ2) is 8.60. The first kappa shape index (κ1) is 18.8. The number of anilines is 1. The van der Waals surface area contributed by atoms with Gasteiger partial charge in [-0.1, -0.05) is 0 Å². The summed E-state index contributed by atoms with van der Waals surface area (Å²) in [6, 6.07) is 5.30. The molecule has 9 nitrogen and oxygen atoms in total. The molecule has 0 aromatic carbocycles. The summed E-state index contributed by atoms with van der Waals surface area (Å²) in [6.45, 7) is 0.680. The number of hydrogen-bond acceptors (Lipinski definition) is 9. The smallest absolute Gasteiger partial charge is 0.166 e. The molecule has 1 fully saturated rings. The van der Waals surface area contributed by atoms with Crippen LogP contribution < -0.4 is 16.8 Å². The lowest BCUT2D eigenvalue weighted by Crippen LogP contribution is -2.19. The molecule has 1 saturated heterocycles. The highest BCUT2D eigenvalue weighted by molar-refractivity contribution is 8.26. The monoisotopic (exact) mass is 384 g/mol. The van der Waals surface area contributed by atoms with Crippen molar-refractivity contribution in [2.24, 2.45) is 16.5 Å². The van der Waals surface area contributed by atoms with E-state index in [0.29, 0.717) is 39.9 Å². The Kier molecular flexibility index (Phi) is 5.99. The van der Waals surface area contributed by atoms with Crippen molar-refractivity contribution in [2.75, 3.05) is 11.9 Å². The molecule has 3 heterocycles. The van der Waals surface area contributed by atoms with E-state index in [1.54, 1.807) is 24.4 Å². The fraction of sp³-hybridized carbons (Fsp3) is 0.235. The molecule has 1 aliphatic rings. The molecular weight excluding hydrogens is 364 g/mol. The minimum Gasteiger partial charge on any atom is -0.403 e. The molecule has 1 atom stereocenters. The Morgan fingerprint density at radius 1 is 1.41 bits per heavy atom. The first-order valence-corrected chi connectivity index (χ1v) is 9.09. The van der Waals surface area contributed by atoms with Crippen LogP contribution in [0.1, 0.15) is 12.8 Å². The average Bonchev–Trinajstić information content (AvgIpc) is 3.20. The standard InChI is InChI=1S/C17H20N8OS/c18-7-11(8-19)23-10-6-13-12(22-9-10)3-4-15(24-13)25-17(21)27-16(20)14-2-1-5-26-14/h3-4,6-9,14,18,20,23H,1-2,5,19H2,(H2,21,24,25). The van der Waals surface area contributed by atoms with Crippen LogP contribution in [0.4, 0.5) is 11.5 Å². The number of pyridine rings is 2. The lowest BCUT2D eigenvalue weighted by atomic mass is 10.2. The van der Waals surface area contributed by atoms with Crippen molar-refractivity contribution in [1.29, 1.82) is 10.8 Å². The van der Waals surface area contributed by atoms with Crippen LogP contribution >= 0.6 is 11.8 Å². The minimum absolute atomic E-state index is 0.190. The van der Waals surface area contributed by atoms with E-state index in [4.69, 9.17) is 27.0 Å². The molecular formula is C17H20N8OS. The minimum atomic E-state index is -0.190. The van der Waals surface area contributed by atoms with Gasteiger partial charge in [-0.15, -0.1) is 0 Å². The maximum absolute atomic E-state index is 8.05. The molecule has 0 saturated carbocycles. The Balaban J connectivity index is 1.77. The summed E-state index contributed by atoms with van der Waals surface area (Å²) < 4.78 is 5.47. The van der Waals surface area contributed by atoms with Gasteiger partial charge in [0.15, 0.2) is 11.0 Å².